The van der Waals surface area contributed by atoms with E-state index >= 15 is 0 Å². The molecule has 1 atom stereocenters. The van der Waals surface area contributed by atoms with E-state index in [0.717, 1.165) is 17.5 Å². The van der Waals surface area contributed by atoms with Crippen LogP contribution in [0.2, 0.25) is 0 Å². The molecule has 0 aliphatic carbocycles. The number of hydrogen-bond donors (Lipinski definition) is 1. The van der Waals surface area contributed by atoms with Crippen LogP contribution < -0.4 is 14.2 Å². The summed E-state index contributed by atoms with van der Waals surface area (Å²) in [5.74, 6) is 0.583. The molecule has 0 spiro atoms. The Morgan fingerprint density at radius 3 is 2.37 bits per heavy atom. The molecule has 3 aromatic rings. The van der Waals surface area contributed by atoms with Crippen molar-refractivity contribution in [1.82, 2.24) is 9.80 Å². The minimum atomic E-state index is -0.796. The largest absolute Gasteiger partial charge is 0.507 e. The maximum atomic E-state index is 13.4. The maximum Gasteiger partial charge on any atom is 0.295 e. The summed E-state index contributed by atoms with van der Waals surface area (Å²) >= 11 is 0. The Balaban J connectivity index is 1.66. The highest BCUT2D eigenvalue weighted by atomic mass is 16.5. The molecule has 228 valence electrons. The van der Waals surface area contributed by atoms with Gasteiger partial charge in [0.05, 0.1) is 25.3 Å². The van der Waals surface area contributed by atoms with Crippen LogP contribution in [0.25, 0.3) is 5.76 Å². The second kappa shape index (κ2) is 14.2. The van der Waals surface area contributed by atoms with Gasteiger partial charge >= 0.3 is 0 Å². The number of aliphatic hydroxyl groups is 1. The number of hydrogen-bond acceptors (Lipinski definition) is 7. The Morgan fingerprint density at radius 1 is 0.977 bits per heavy atom. The van der Waals surface area contributed by atoms with E-state index < -0.39 is 17.7 Å². The zero-order valence-corrected chi connectivity index (χ0v) is 25.9. The zero-order chi connectivity index (χ0) is 31.1. The number of rotatable bonds is 13. The summed E-state index contributed by atoms with van der Waals surface area (Å²) in [5.41, 5.74) is 3.30. The van der Waals surface area contributed by atoms with Crippen molar-refractivity contribution in [2.24, 2.45) is 5.92 Å². The standard InChI is InChI=1S/C35H42N2O6/c1-23(2)16-19-42-29-15-12-27(21-30(29)41-6)32-31(34(39)35(40)37(32)18-17-36(4)5)33(38)26-10-13-28(14-11-26)43-22-25-9-7-8-24(3)20-25/h7-15,20-21,23,32,38H,16-19,22H2,1-6H3. The normalized spacial score (nSPS) is 16.3. The van der Waals surface area contributed by atoms with Crippen molar-refractivity contribution in [2.45, 2.75) is 39.8 Å². The summed E-state index contributed by atoms with van der Waals surface area (Å²) in [7, 11) is 5.36. The second-order valence-electron chi connectivity index (χ2n) is 11.5. The molecule has 4 rings (SSSR count). The van der Waals surface area contributed by atoms with E-state index in [1.165, 1.54) is 4.90 Å². The van der Waals surface area contributed by atoms with Crippen molar-refractivity contribution in [3.63, 3.8) is 0 Å². The van der Waals surface area contributed by atoms with Crippen molar-refractivity contribution in [3.8, 4) is 17.2 Å². The molecule has 1 aliphatic heterocycles. The van der Waals surface area contributed by atoms with Crippen molar-refractivity contribution in [1.29, 1.82) is 0 Å². The molecule has 1 heterocycles. The molecule has 0 radical (unpaired) electrons. The van der Waals surface area contributed by atoms with Gasteiger partial charge in [-0.25, -0.2) is 0 Å². The molecule has 0 aromatic heterocycles. The van der Waals surface area contributed by atoms with Crippen LogP contribution >= 0.6 is 0 Å². The predicted molar refractivity (Wildman–Crippen MR) is 167 cm³/mol. The van der Waals surface area contributed by atoms with E-state index in [4.69, 9.17) is 14.2 Å². The van der Waals surface area contributed by atoms with Gasteiger partial charge in [-0.3, -0.25) is 9.59 Å². The number of aryl methyl sites for hydroxylation is 1. The summed E-state index contributed by atoms with van der Waals surface area (Å²) in [6.07, 6.45) is 0.894. The summed E-state index contributed by atoms with van der Waals surface area (Å²) in [6.45, 7) is 8.09. The lowest BCUT2D eigenvalue weighted by Gasteiger charge is -2.27. The van der Waals surface area contributed by atoms with Gasteiger partial charge in [0.25, 0.3) is 11.7 Å². The van der Waals surface area contributed by atoms with Gasteiger partial charge in [0.1, 0.15) is 18.1 Å². The first-order valence-corrected chi connectivity index (χ1v) is 14.6. The first-order valence-electron chi connectivity index (χ1n) is 14.6. The van der Waals surface area contributed by atoms with Gasteiger partial charge in [-0.15, -0.1) is 0 Å². The van der Waals surface area contributed by atoms with E-state index in [1.54, 1.807) is 43.5 Å². The van der Waals surface area contributed by atoms with E-state index in [0.29, 0.717) is 60.6 Å². The van der Waals surface area contributed by atoms with Crippen LogP contribution in [-0.2, 0) is 16.2 Å². The average Bonchev–Trinajstić information content (AvgIpc) is 3.24. The van der Waals surface area contributed by atoms with Crippen LogP contribution in [0.15, 0.2) is 72.3 Å². The van der Waals surface area contributed by atoms with E-state index in [1.807, 2.05) is 50.2 Å². The lowest BCUT2D eigenvalue weighted by atomic mass is 9.95. The Labute approximate surface area is 254 Å². The summed E-state index contributed by atoms with van der Waals surface area (Å²) in [5, 5.41) is 11.5. The molecule has 1 N–H and O–H groups in total. The molecule has 8 nitrogen and oxygen atoms in total. The molecule has 1 amide bonds. The Hall–Kier alpha value is -4.30. The van der Waals surface area contributed by atoms with E-state index in [2.05, 4.69) is 19.9 Å². The summed E-state index contributed by atoms with van der Waals surface area (Å²) < 4.78 is 17.5. The van der Waals surface area contributed by atoms with Crippen LogP contribution in [0.3, 0.4) is 0 Å². The molecular weight excluding hydrogens is 544 g/mol. The van der Waals surface area contributed by atoms with Crippen molar-refractivity contribution < 1.29 is 28.9 Å². The number of nitrogens with zero attached hydrogens (tertiary/aromatic N) is 2. The number of carbonyl (C=O) groups is 2. The van der Waals surface area contributed by atoms with Gasteiger partial charge in [0.15, 0.2) is 11.5 Å². The molecule has 0 bridgehead atoms. The fraction of sp³-hybridized carbons (Fsp3) is 0.371. The predicted octanol–water partition coefficient (Wildman–Crippen LogP) is 5.99. The highest BCUT2D eigenvalue weighted by Gasteiger charge is 2.46. The van der Waals surface area contributed by atoms with Crippen molar-refractivity contribution in [2.75, 3.05) is 40.9 Å². The fourth-order valence-corrected chi connectivity index (χ4v) is 4.98. The number of ether oxygens (including phenoxy) is 3. The van der Waals surface area contributed by atoms with E-state index in [9.17, 15) is 14.7 Å². The average molecular weight is 587 g/mol. The highest BCUT2D eigenvalue weighted by Crippen LogP contribution is 2.42. The molecule has 1 fully saturated rings. The summed E-state index contributed by atoms with van der Waals surface area (Å²) in [4.78, 5) is 30.2. The van der Waals surface area contributed by atoms with Crippen LogP contribution in [0.1, 0.15) is 48.6 Å². The monoisotopic (exact) mass is 586 g/mol. The number of ketones is 1. The number of aliphatic hydroxyl groups excluding tert-OH is 1. The third-order valence-electron chi connectivity index (χ3n) is 7.40. The second-order valence-corrected chi connectivity index (χ2v) is 11.5. The quantitative estimate of drug-likeness (QED) is 0.150. The van der Waals surface area contributed by atoms with Gasteiger partial charge in [-0.2, -0.15) is 0 Å². The maximum absolute atomic E-state index is 13.4. The molecule has 8 heteroatoms. The van der Waals surface area contributed by atoms with Gasteiger partial charge in [-0.1, -0.05) is 49.7 Å². The first kappa shape index (κ1) is 31.6. The molecule has 1 aliphatic rings. The van der Waals surface area contributed by atoms with Gasteiger partial charge in [-0.05, 0) is 80.9 Å². The zero-order valence-electron chi connectivity index (χ0n) is 25.9. The number of Topliss-reactive ketones (excluding diaryl/α,β-unsaturated/α-hetero) is 1. The Kier molecular flexibility index (Phi) is 10.5. The van der Waals surface area contributed by atoms with Crippen LogP contribution in [0.4, 0.5) is 0 Å². The lowest BCUT2D eigenvalue weighted by molar-refractivity contribution is -0.140. The molecule has 43 heavy (non-hydrogen) atoms. The molecule has 1 saturated heterocycles. The van der Waals surface area contributed by atoms with Gasteiger partial charge < -0.3 is 29.1 Å². The van der Waals surface area contributed by atoms with Gasteiger partial charge in [0.2, 0.25) is 0 Å². The van der Waals surface area contributed by atoms with Crippen LogP contribution in [0.5, 0.6) is 17.2 Å². The fourth-order valence-electron chi connectivity index (χ4n) is 4.98. The van der Waals surface area contributed by atoms with Crippen molar-refractivity contribution >= 4 is 17.4 Å². The number of likely N-dealkylation sites (N-methyl/N-ethyl adjacent to an activating group) is 1. The summed E-state index contributed by atoms with van der Waals surface area (Å²) in [6, 6.07) is 19.6. The minimum Gasteiger partial charge on any atom is -0.507 e. The van der Waals surface area contributed by atoms with Crippen LogP contribution in [-0.4, -0.2) is 67.5 Å². The number of likely N-dealkylation sites (tertiary alicyclic amines) is 1. The highest BCUT2D eigenvalue weighted by molar-refractivity contribution is 6.46. The SMILES string of the molecule is COc1cc(C2C(=C(O)c3ccc(OCc4cccc(C)c4)cc3)C(=O)C(=O)N2CCN(C)C)ccc1OCCC(C)C. The van der Waals surface area contributed by atoms with Gasteiger partial charge in [0, 0.05) is 18.7 Å². The number of carbonyl (C=O) groups excluding carboxylic acids is 2. The number of benzene rings is 3. The number of amides is 1. The van der Waals surface area contributed by atoms with E-state index in [-0.39, 0.29) is 11.3 Å². The number of methoxy groups -OCH3 is 1. The molecule has 3 aromatic carbocycles. The first-order chi connectivity index (χ1) is 20.6. The van der Waals surface area contributed by atoms with Crippen molar-refractivity contribution in [3.05, 3.63) is 94.6 Å². The minimum absolute atomic E-state index is 0.0349. The Morgan fingerprint density at radius 2 is 1.72 bits per heavy atom. The topological polar surface area (TPSA) is 88.5 Å². The smallest absolute Gasteiger partial charge is 0.295 e. The molecular formula is C35H42N2O6. The molecule has 0 saturated carbocycles. The lowest BCUT2D eigenvalue weighted by Crippen LogP contribution is -2.35. The third-order valence-corrected chi connectivity index (χ3v) is 7.40. The third kappa shape index (κ3) is 7.76. The Bertz CT molecular complexity index is 1460. The molecule has 1 unspecified atom stereocenters. The van der Waals surface area contributed by atoms with Crippen LogP contribution in [0, 0.1) is 12.8 Å².